The van der Waals surface area contributed by atoms with Crippen molar-refractivity contribution in [2.75, 3.05) is 0 Å². The largest absolute Gasteiger partial charge is 0.453 e. The van der Waals surface area contributed by atoms with Crippen molar-refractivity contribution in [3.63, 3.8) is 0 Å². The number of pyridine rings is 1. The number of aromatic nitrogens is 1. The summed E-state index contributed by atoms with van der Waals surface area (Å²) in [5.41, 5.74) is 0.981. The lowest BCUT2D eigenvalue weighted by molar-refractivity contribution is 0.0942. The summed E-state index contributed by atoms with van der Waals surface area (Å²) >= 11 is 0. The van der Waals surface area contributed by atoms with Crippen LogP contribution in [-0.4, -0.2) is 16.6 Å². The third kappa shape index (κ3) is 2.45. The Bertz CT molecular complexity index is 779. The normalized spacial score (nSPS) is 13.7. The first-order valence-corrected chi connectivity index (χ1v) is 6.26. The molecule has 0 fully saturated rings. The number of hydrogen-bond acceptors (Lipinski definition) is 4. The maximum Gasteiger partial charge on any atom is 0.247 e. The Morgan fingerprint density at radius 1 is 1.05 bits per heavy atom. The molecule has 21 heavy (non-hydrogen) atoms. The van der Waals surface area contributed by atoms with E-state index in [-0.39, 0.29) is 28.5 Å². The van der Waals surface area contributed by atoms with E-state index in [0.717, 1.165) is 6.08 Å². The number of hydrogen-bond donors (Lipinski definition) is 0. The molecule has 0 atom stereocenters. The Morgan fingerprint density at radius 3 is 2.48 bits per heavy atom. The Hall–Kier alpha value is -2.82. The van der Waals surface area contributed by atoms with Crippen molar-refractivity contribution < 1.29 is 18.7 Å². The van der Waals surface area contributed by atoms with Gasteiger partial charge in [-0.1, -0.05) is 0 Å². The number of carbonyl (C=O) groups excluding carboxylic acids is 2. The minimum Gasteiger partial charge on any atom is -0.453 e. The highest BCUT2D eigenvalue weighted by Gasteiger charge is 2.28. The zero-order valence-corrected chi connectivity index (χ0v) is 11.1. The molecule has 1 aromatic heterocycles. The van der Waals surface area contributed by atoms with E-state index in [1.165, 1.54) is 24.3 Å². The highest BCUT2D eigenvalue weighted by molar-refractivity contribution is 6.22. The van der Waals surface area contributed by atoms with E-state index in [1.807, 2.05) is 0 Å². The van der Waals surface area contributed by atoms with Crippen molar-refractivity contribution >= 4 is 11.6 Å². The van der Waals surface area contributed by atoms with Crippen LogP contribution < -0.4 is 4.74 Å². The van der Waals surface area contributed by atoms with Crippen molar-refractivity contribution in [2.24, 2.45) is 0 Å². The van der Waals surface area contributed by atoms with Gasteiger partial charge < -0.3 is 4.74 Å². The number of carbonyl (C=O) groups is 2. The molecule has 0 unspecified atom stereocenters. The summed E-state index contributed by atoms with van der Waals surface area (Å²) < 4.78 is 18.2. The number of aryl methyl sites for hydroxylation is 1. The van der Waals surface area contributed by atoms with Crippen LogP contribution in [0.15, 0.2) is 48.2 Å². The standard InChI is InChI=1S/C16H10FNO3/c1-9-2-7-12-13(19)8-14(16(20)15(12)18-9)21-11-5-3-10(17)4-6-11/h2-8H,1H3. The fraction of sp³-hybridized carbons (Fsp3) is 0.0625. The van der Waals surface area contributed by atoms with Crippen LogP contribution >= 0.6 is 0 Å². The number of Topliss-reactive ketones (excluding diaryl/α,β-unsaturated/α-hetero) is 1. The van der Waals surface area contributed by atoms with Crippen molar-refractivity contribution in [3.05, 3.63) is 71.0 Å². The summed E-state index contributed by atoms with van der Waals surface area (Å²) in [6.45, 7) is 1.73. The molecule has 1 aromatic carbocycles. The molecule has 0 radical (unpaired) electrons. The van der Waals surface area contributed by atoms with Crippen LogP contribution in [0.3, 0.4) is 0 Å². The molecule has 0 N–H and O–H groups in total. The lowest BCUT2D eigenvalue weighted by atomic mass is 9.98. The zero-order chi connectivity index (χ0) is 15.0. The number of halogens is 1. The number of allylic oxidation sites excluding steroid dienone is 2. The Kier molecular flexibility index (Phi) is 3.10. The second-order valence-electron chi connectivity index (χ2n) is 4.61. The fourth-order valence-corrected chi connectivity index (χ4v) is 2.01. The average molecular weight is 283 g/mol. The summed E-state index contributed by atoms with van der Waals surface area (Å²) in [5, 5.41) is 0. The SMILES string of the molecule is Cc1ccc2c(n1)C(=O)C(Oc1ccc(F)cc1)=CC2=O. The van der Waals surface area contributed by atoms with Gasteiger partial charge in [0.15, 0.2) is 11.5 Å². The molecule has 0 aliphatic heterocycles. The van der Waals surface area contributed by atoms with Crippen molar-refractivity contribution in [1.29, 1.82) is 0 Å². The summed E-state index contributed by atoms with van der Waals surface area (Å²) in [6, 6.07) is 8.43. The number of rotatable bonds is 2. The van der Waals surface area contributed by atoms with Crippen molar-refractivity contribution in [3.8, 4) is 5.75 Å². The van der Waals surface area contributed by atoms with Crippen molar-refractivity contribution in [2.45, 2.75) is 6.92 Å². The second-order valence-corrected chi connectivity index (χ2v) is 4.61. The molecule has 1 aliphatic carbocycles. The molecule has 3 rings (SSSR count). The quantitative estimate of drug-likeness (QED) is 0.850. The van der Waals surface area contributed by atoms with Crippen LogP contribution in [0.1, 0.15) is 26.5 Å². The molecule has 1 aliphatic rings. The Morgan fingerprint density at radius 2 is 1.76 bits per heavy atom. The lowest BCUT2D eigenvalue weighted by Gasteiger charge is -2.15. The minimum absolute atomic E-state index is 0.0830. The summed E-state index contributed by atoms with van der Waals surface area (Å²) in [7, 11) is 0. The molecular weight excluding hydrogens is 273 g/mol. The van der Waals surface area contributed by atoms with E-state index in [9.17, 15) is 14.0 Å². The Labute approximate surface area is 119 Å². The third-order valence-electron chi connectivity index (χ3n) is 3.04. The number of nitrogens with zero attached hydrogens (tertiary/aromatic N) is 1. The van der Waals surface area contributed by atoms with Gasteiger partial charge in [0, 0.05) is 11.8 Å². The zero-order valence-electron chi connectivity index (χ0n) is 11.1. The third-order valence-corrected chi connectivity index (χ3v) is 3.04. The topological polar surface area (TPSA) is 56.3 Å². The van der Waals surface area contributed by atoms with Gasteiger partial charge in [0.05, 0.1) is 5.56 Å². The molecular formula is C16H10FNO3. The molecule has 0 saturated carbocycles. The molecule has 4 nitrogen and oxygen atoms in total. The van der Waals surface area contributed by atoms with Gasteiger partial charge in [0.1, 0.15) is 17.3 Å². The number of benzene rings is 1. The van der Waals surface area contributed by atoms with Crippen LogP contribution in [0, 0.1) is 12.7 Å². The number of ketones is 2. The van der Waals surface area contributed by atoms with Gasteiger partial charge in [-0.05, 0) is 43.3 Å². The first-order chi connectivity index (χ1) is 10.0. The molecule has 104 valence electrons. The fourth-order valence-electron chi connectivity index (χ4n) is 2.01. The average Bonchev–Trinajstić information content (AvgIpc) is 2.46. The maximum absolute atomic E-state index is 12.8. The number of ether oxygens (including phenoxy) is 1. The lowest BCUT2D eigenvalue weighted by Crippen LogP contribution is -2.22. The van der Waals surface area contributed by atoms with Gasteiger partial charge in [-0.2, -0.15) is 0 Å². The van der Waals surface area contributed by atoms with E-state index in [4.69, 9.17) is 4.74 Å². The maximum atomic E-state index is 12.8. The van der Waals surface area contributed by atoms with Gasteiger partial charge in [0.2, 0.25) is 5.78 Å². The van der Waals surface area contributed by atoms with Crippen LogP contribution in [0.25, 0.3) is 0 Å². The van der Waals surface area contributed by atoms with Crippen LogP contribution in [-0.2, 0) is 0 Å². The highest BCUT2D eigenvalue weighted by atomic mass is 19.1. The van der Waals surface area contributed by atoms with E-state index < -0.39 is 11.6 Å². The van der Waals surface area contributed by atoms with Gasteiger partial charge >= 0.3 is 0 Å². The van der Waals surface area contributed by atoms with E-state index in [0.29, 0.717) is 5.69 Å². The molecule has 2 aromatic rings. The highest BCUT2D eigenvalue weighted by Crippen LogP contribution is 2.23. The minimum atomic E-state index is -0.461. The summed E-state index contributed by atoms with van der Waals surface area (Å²) in [5.74, 6) is -1.05. The smallest absolute Gasteiger partial charge is 0.247 e. The monoisotopic (exact) mass is 283 g/mol. The molecule has 0 bridgehead atoms. The van der Waals surface area contributed by atoms with Gasteiger partial charge in [-0.15, -0.1) is 0 Å². The van der Waals surface area contributed by atoms with Crippen LogP contribution in [0.2, 0.25) is 0 Å². The molecule has 0 saturated heterocycles. The first-order valence-electron chi connectivity index (χ1n) is 6.26. The molecule has 5 heteroatoms. The van der Waals surface area contributed by atoms with Crippen LogP contribution in [0.4, 0.5) is 4.39 Å². The van der Waals surface area contributed by atoms with E-state index >= 15 is 0 Å². The van der Waals surface area contributed by atoms with E-state index in [2.05, 4.69) is 4.98 Å². The molecule has 0 spiro atoms. The second kappa shape index (κ2) is 4.94. The number of fused-ring (bicyclic) bond motifs is 1. The van der Waals surface area contributed by atoms with Crippen molar-refractivity contribution in [1.82, 2.24) is 4.98 Å². The molecule has 1 heterocycles. The van der Waals surface area contributed by atoms with Gasteiger partial charge in [-0.25, -0.2) is 9.37 Å². The van der Waals surface area contributed by atoms with Gasteiger partial charge in [0.25, 0.3) is 0 Å². The first kappa shape index (κ1) is 13.2. The predicted molar refractivity (Wildman–Crippen MR) is 72.7 cm³/mol. The summed E-state index contributed by atoms with van der Waals surface area (Å²) in [4.78, 5) is 28.4. The summed E-state index contributed by atoms with van der Waals surface area (Å²) in [6.07, 6.45) is 1.13. The van der Waals surface area contributed by atoms with Gasteiger partial charge in [-0.3, -0.25) is 9.59 Å². The molecule has 0 amide bonds. The Balaban J connectivity index is 1.96. The van der Waals surface area contributed by atoms with E-state index in [1.54, 1.807) is 19.1 Å². The predicted octanol–water partition coefficient (Wildman–Crippen LogP) is 2.87. The van der Waals surface area contributed by atoms with Crippen LogP contribution in [0.5, 0.6) is 5.75 Å².